The molecule has 1 aromatic rings. The van der Waals surface area contributed by atoms with Gasteiger partial charge in [0.25, 0.3) is 0 Å². The Hall–Kier alpha value is -0.820. The Labute approximate surface area is 99.5 Å². The van der Waals surface area contributed by atoms with Gasteiger partial charge in [0.05, 0.1) is 0 Å². The van der Waals surface area contributed by atoms with Gasteiger partial charge in [-0.3, -0.25) is 4.90 Å². The minimum atomic E-state index is 0.639. The van der Waals surface area contributed by atoms with Gasteiger partial charge in [0.1, 0.15) is 0 Å². The van der Waals surface area contributed by atoms with E-state index in [2.05, 4.69) is 49.9 Å². The summed E-state index contributed by atoms with van der Waals surface area (Å²) in [5.74, 6) is 0. The second kappa shape index (κ2) is 5.01. The van der Waals surface area contributed by atoms with Crippen LogP contribution in [0.25, 0.3) is 0 Å². The van der Waals surface area contributed by atoms with Crippen molar-refractivity contribution in [1.82, 2.24) is 4.90 Å². The highest BCUT2D eigenvalue weighted by Crippen LogP contribution is 2.33. The van der Waals surface area contributed by atoms with Crippen molar-refractivity contribution in [3.05, 3.63) is 35.4 Å². The van der Waals surface area contributed by atoms with Gasteiger partial charge in [-0.15, -0.1) is 0 Å². The lowest BCUT2D eigenvalue weighted by Gasteiger charge is -2.40. The number of fused-ring (bicyclic) bond motifs is 1. The molecule has 0 fully saturated rings. The van der Waals surface area contributed by atoms with Crippen LogP contribution in [0.15, 0.2) is 24.3 Å². The summed E-state index contributed by atoms with van der Waals surface area (Å²) in [6.07, 6.45) is 3.69. The van der Waals surface area contributed by atoms with Crippen molar-refractivity contribution in [2.45, 2.75) is 52.1 Å². The molecule has 1 aromatic carbocycles. The average Bonchev–Trinajstić information content (AvgIpc) is 2.36. The largest absolute Gasteiger partial charge is 0.293 e. The van der Waals surface area contributed by atoms with Gasteiger partial charge in [-0.2, -0.15) is 0 Å². The van der Waals surface area contributed by atoms with Crippen LogP contribution in [0, 0.1) is 0 Å². The first-order chi connectivity index (χ1) is 7.77. The summed E-state index contributed by atoms with van der Waals surface area (Å²) in [5.41, 5.74) is 3.13. The summed E-state index contributed by atoms with van der Waals surface area (Å²) in [6, 6.07) is 10.3. The molecular weight excluding hydrogens is 194 g/mol. The third-order valence-electron chi connectivity index (χ3n) is 4.00. The highest BCUT2D eigenvalue weighted by atomic mass is 15.2. The van der Waals surface area contributed by atoms with Crippen molar-refractivity contribution in [3.8, 4) is 0 Å². The van der Waals surface area contributed by atoms with E-state index in [-0.39, 0.29) is 0 Å². The molecule has 1 aliphatic rings. The van der Waals surface area contributed by atoms with Crippen molar-refractivity contribution in [1.29, 1.82) is 0 Å². The zero-order chi connectivity index (χ0) is 11.5. The van der Waals surface area contributed by atoms with Crippen LogP contribution in [0.1, 0.15) is 50.8 Å². The highest BCUT2D eigenvalue weighted by molar-refractivity contribution is 5.32. The lowest BCUT2D eigenvalue weighted by molar-refractivity contribution is 0.126. The molecule has 1 aliphatic heterocycles. The molecule has 88 valence electrons. The van der Waals surface area contributed by atoms with Gasteiger partial charge >= 0.3 is 0 Å². The molecular formula is C15H23N. The fourth-order valence-corrected chi connectivity index (χ4v) is 2.89. The van der Waals surface area contributed by atoms with Gasteiger partial charge in [-0.05, 0) is 37.3 Å². The second-order valence-corrected chi connectivity index (χ2v) is 4.87. The van der Waals surface area contributed by atoms with Crippen molar-refractivity contribution in [2.24, 2.45) is 0 Å². The normalized spacial score (nSPS) is 22.8. The van der Waals surface area contributed by atoms with Crippen LogP contribution in [-0.4, -0.2) is 17.5 Å². The van der Waals surface area contributed by atoms with Gasteiger partial charge < -0.3 is 0 Å². The molecule has 1 heterocycles. The number of nitrogens with zero attached hydrogens (tertiary/aromatic N) is 1. The van der Waals surface area contributed by atoms with E-state index in [0.717, 1.165) is 0 Å². The fraction of sp³-hybridized carbons (Fsp3) is 0.600. The number of rotatable bonds is 3. The van der Waals surface area contributed by atoms with Gasteiger partial charge in [-0.1, -0.05) is 38.1 Å². The van der Waals surface area contributed by atoms with Crippen LogP contribution in [0.2, 0.25) is 0 Å². The molecule has 0 aliphatic carbocycles. The topological polar surface area (TPSA) is 3.24 Å². The van der Waals surface area contributed by atoms with Crippen molar-refractivity contribution < 1.29 is 0 Å². The summed E-state index contributed by atoms with van der Waals surface area (Å²) < 4.78 is 0. The minimum absolute atomic E-state index is 0.639. The van der Waals surface area contributed by atoms with Crippen LogP contribution in [0.5, 0.6) is 0 Å². The maximum absolute atomic E-state index is 2.68. The maximum Gasteiger partial charge on any atom is 0.0351 e. The average molecular weight is 217 g/mol. The van der Waals surface area contributed by atoms with Crippen molar-refractivity contribution in [2.75, 3.05) is 6.54 Å². The third-order valence-corrected chi connectivity index (χ3v) is 4.00. The number of benzene rings is 1. The maximum atomic E-state index is 2.68. The fourth-order valence-electron chi connectivity index (χ4n) is 2.89. The summed E-state index contributed by atoms with van der Waals surface area (Å²) in [5, 5.41) is 0. The molecule has 0 amide bonds. The van der Waals surface area contributed by atoms with Gasteiger partial charge in [-0.25, -0.2) is 0 Å². The molecule has 2 unspecified atom stereocenters. The Bertz CT molecular complexity index is 345. The van der Waals surface area contributed by atoms with Crippen LogP contribution >= 0.6 is 0 Å². The summed E-state index contributed by atoms with van der Waals surface area (Å²) >= 11 is 0. The van der Waals surface area contributed by atoms with Crippen molar-refractivity contribution >= 4 is 0 Å². The summed E-state index contributed by atoms with van der Waals surface area (Å²) in [4.78, 5) is 2.68. The molecule has 1 nitrogen and oxygen atoms in total. The minimum Gasteiger partial charge on any atom is -0.293 e. The molecule has 2 rings (SSSR count). The van der Waals surface area contributed by atoms with Crippen LogP contribution in [0.4, 0.5) is 0 Å². The molecule has 0 aromatic heterocycles. The monoisotopic (exact) mass is 217 g/mol. The lowest BCUT2D eigenvalue weighted by atomic mass is 9.90. The van der Waals surface area contributed by atoms with E-state index in [0.29, 0.717) is 12.1 Å². The first kappa shape index (κ1) is 11.7. The molecule has 16 heavy (non-hydrogen) atoms. The number of hydrogen-bond acceptors (Lipinski definition) is 1. The van der Waals surface area contributed by atoms with Crippen LogP contribution in [-0.2, 0) is 6.42 Å². The second-order valence-electron chi connectivity index (χ2n) is 4.87. The van der Waals surface area contributed by atoms with Gasteiger partial charge in [0, 0.05) is 18.6 Å². The molecule has 1 heteroatoms. The van der Waals surface area contributed by atoms with E-state index in [9.17, 15) is 0 Å². The quantitative estimate of drug-likeness (QED) is 0.744. The van der Waals surface area contributed by atoms with Gasteiger partial charge in [0.2, 0.25) is 0 Å². The van der Waals surface area contributed by atoms with E-state index < -0.39 is 0 Å². The SMILES string of the molecule is CCC(C)N1CCc2ccccc2C1CC. The Morgan fingerprint density at radius 1 is 1.31 bits per heavy atom. The molecule has 0 saturated carbocycles. The first-order valence-electron chi connectivity index (χ1n) is 6.61. The Balaban J connectivity index is 2.30. The number of hydrogen-bond donors (Lipinski definition) is 0. The molecule has 0 bridgehead atoms. The van der Waals surface area contributed by atoms with E-state index in [1.165, 1.54) is 25.8 Å². The van der Waals surface area contributed by atoms with Gasteiger partial charge in [0.15, 0.2) is 0 Å². The Kier molecular flexibility index (Phi) is 3.65. The molecule has 2 atom stereocenters. The Morgan fingerprint density at radius 2 is 2.06 bits per heavy atom. The van der Waals surface area contributed by atoms with Crippen molar-refractivity contribution in [3.63, 3.8) is 0 Å². The standard InChI is InChI=1S/C15H23N/c1-4-12(3)16-11-10-13-8-6-7-9-14(13)15(16)5-2/h6-9,12,15H,4-5,10-11H2,1-3H3. The summed E-state index contributed by atoms with van der Waals surface area (Å²) in [6.45, 7) is 8.18. The Morgan fingerprint density at radius 3 is 2.75 bits per heavy atom. The highest BCUT2D eigenvalue weighted by Gasteiger charge is 2.27. The van der Waals surface area contributed by atoms with E-state index in [1.807, 2.05) is 0 Å². The van der Waals surface area contributed by atoms with E-state index in [1.54, 1.807) is 11.1 Å². The molecule has 0 N–H and O–H groups in total. The molecule has 0 radical (unpaired) electrons. The van der Waals surface area contributed by atoms with E-state index >= 15 is 0 Å². The predicted molar refractivity (Wildman–Crippen MR) is 69.6 cm³/mol. The lowest BCUT2D eigenvalue weighted by Crippen LogP contribution is -2.40. The molecule has 0 saturated heterocycles. The summed E-state index contributed by atoms with van der Waals surface area (Å²) in [7, 11) is 0. The zero-order valence-electron chi connectivity index (χ0n) is 10.7. The van der Waals surface area contributed by atoms with E-state index in [4.69, 9.17) is 0 Å². The molecule has 0 spiro atoms. The predicted octanol–water partition coefficient (Wildman–Crippen LogP) is 3.79. The first-order valence-corrected chi connectivity index (χ1v) is 6.61. The van der Waals surface area contributed by atoms with Crippen LogP contribution < -0.4 is 0 Å². The van der Waals surface area contributed by atoms with Crippen LogP contribution in [0.3, 0.4) is 0 Å². The smallest absolute Gasteiger partial charge is 0.0351 e. The third kappa shape index (κ3) is 2.01. The zero-order valence-corrected chi connectivity index (χ0v) is 10.7.